The molecule has 0 amide bonds. The average molecular weight is 324 g/mol. The van der Waals surface area contributed by atoms with Crippen LogP contribution in [0.3, 0.4) is 0 Å². The summed E-state index contributed by atoms with van der Waals surface area (Å²) in [5, 5.41) is 2.76. The van der Waals surface area contributed by atoms with Crippen molar-refractivity contribution in [1.29, 1.82) is 0 Å². The number of ether oxygens (including phenoxy) is 1. The molecule has 3 nitrogen and oxygen atoms in total. The number of nitrogens with zero attached hydrogens (tertiary/aromatic N) is 1. The number of alkyl halides is 3. The maximum absolute atomic E-state index is 12.9. The molecule has 0 atom stereocenters. The third-order valence-electron chi connectivity index (χ3n) is 2.32. The molecular weight excluding hydrogens is 315 g/mol. The van der Waals surface area contributed by atoms with Crippen LogP contribution >= 0.6 is 11.3 Å². The van der Waals surface area contributed by atoms with Gasteiger partial charge >= 0.3 is 6.18 Å². The largest absolute Gasteiger partial charge is 0.492 e. The van der Waals surface area contributed by atoms with Crippen molar-refractivity contribution in [2.24, 2.45) is 0 Å². The van der Waals surface area contributed by atoms with E-state index >= 15 is 0 Å². The van der Waals surface area contributed by atoms with E-state index in [0.29, 0.717) is 11.3 Å². The SMILES string of the molecule is Fc1ccc(OCCNc2ncc(C(F)(F)F)s2)cc1F. The normalized spacial score (nSPS) is 11.5. The summed E-state index contributed by atoms with van der Waals surface area (Å²) in [5.74, 6) is -1.89. The van der Waals surface area contributed by atoms with E-state index in [1.54, 1.807) is 0 Å². The van der Waals surface area contributed by atoms with Crippen molar-refractivity contribution in [3.8, 4) is 5.75 Å². The van der Waals surface area contributed by atoms with Gasteiger partial charge in [-0.2, -0.15) is 13.2 Å². The van der Waals surface area contributed by atoms with E-state index in [1.807, 2.05) is 0 Å². The zero-order valence-electron chi connectivity index (χ0n) is 10.4. The first kappa shape index (κ1) is 15.5. The Hall–Kier alpha value is -1.90. The molecule has 114 valence electrons. The Kier molecular flexibility index (Phi) is 4.61. The average Bonchev–Trinajstić information content (AvgIpc) is 2.87. The lowest BCUT2D eigenvalue weighted by atomic mass is 10.3. The zero-order chi connectivity index (χ0) is 15.5. The van der Waals surface area contributed by atoms with Crippen molar-refractivity contribution in [1.82, 2.24) is 4.98 Å². The summed E-state index contributed by atoms with van der Waals surface area (Å²) in [4.78, 5) is 2.78. The van der Waals surface area contributed by atoms with E-state index in [0.717, 1.165) is 18.3 Å². The van der Waals surface area contributed by atoms with Crippen LogP contribution in [0.5, 0.6) is 5.75 Å². The van der Waals surface area contributed by atoms with Crippen LogP contribution < -0.4 is 10.1 Å². The molecule has 1 N–H and O–H groups in total. The molecule has 1 aromatic heterocycles. The molecule has 1 heterocycles. The van der Waals surface area contributed by atoms with Gasteiger partial charge in [0.1, 0.15) is 17.2 Å². The van der Waals surface area contributed by atoms with E-state index < -0.39 is 22.7 Å². The van der Waals surface area contributed by atoms with Crippen LogP contribution in [0.15, 0.2) is 24.4 Å². The Balaban J connectivity index is 1.79. The van der Waals surface area contributed by atoms with Crippen molar-refractivity contribution in [3.05, 3.63) is 40.9 Å². The summed E-state index contributed by atoms with van der Waals surface area (Å²) in [7, 11) is 0. The first-order chi connectivity index (χ1) is 9.86. The topological polar surface area (TPSA) is 34.1 Å². The van der Waals surface area contributed by atoms with Crippen LogP contribution in [-0.2, 0) is 6.18 Å². The minimum atomic E-state index is -4.42. The standard InChI is InChI=1S/C12H9F5N2OS/c13-8-2-1-7(5-9(8)14)20-4-3-18-11-19-6-10(21-11)12(15,16)17/h1-2,5-6H,3-4H2,(H,18,19). The van der Waals surface area contributed by atoms with Gasteiger partial charge in [-0.1, -0.05) is 11.3 Å². The van der Waals surface area contributed by atoms with E-state index in [9.17, 15) is 22.0 Å². The molecule has 21 heavy (non-hydrogen) atoms. The van der Waals surface area contributed by atoms with E-state index in [-0.39, 0.29) is 24.0 Å². The number of thiazole rings is 1. The molecule has 0 saturated carbocycles. The van der Waals surface area contributed by atoms with Crippen molar-refractivity contribution >= 4 is 16.5 Å². The summed E-state index contributed by atoms with van der Waals surface area (Å²) < 4.78 is 67.7. The van der Waals surface area contributed by atoms with Crippen LogP contribution in [0.2, 0.25) is 0 Å². The van der Waals surface area contributed by atoms with Gasteiger partial charge < -0.3 is 10.1 Å². The summed E-state index contributed by atoms with van der Waals surface area (Å²) in [5.41, 5.74) is 0. The maximum atomic E-state index is 12.9. The predicted octanol–water partition coefficient (Wildman–Crippen LogP) is 3.93. The van der Waals surface area contributed by atoms with Gasteiger partial charge in [0.05, 0.1) is 12.7 Å². The molecule has 0 radical (unpaired) electrons. The number of nitrogens with one attached hydrogen (secondary N) is 1. The molecule has 0 unspecified atom stereocenters. The minimum absolute atomic E-state index is 0.0615. The Morgan fingerprint density at radius 3 is 2.57 bits per heavy atom. The molecule has 0 bridgehead atoms. The lowest BCUT2D eigenvalue weighted by Crippen LogP contribution is -2.11. The van der Waals surface area contributed by atoms with Crippen LogP contribution in [0.25, 0.3) is 0 Å². The van der Waals surface area contributed by atoms with Crippen molar-refractivity contribution in [3.63, 3.8) is 0 Å². The third-order valence-corrected chi connectivity index (χ3v) is 3.32. The molecule has 2 aromatic rings. The maximum Gasteiger partial charge on any atom is 0.427 e. The number of benzene rings is 1. The second kappa shape index (κ2) is 6.25. The molecule has 9 heteroatoms. The summed E-state index contributed by atoms with van der Waals surface area (Å²) in [6, 6.07) is 3.07. The fourth-order valence-corrected chi connectivity index (χ4v) is 2.09. The lowest BCUT2D eigenvalue weighted by Gasteiger charge is -2.07. The number of rotatable bonds is 5. The number of anilines is 1. The molecule has 0 aliphatic heterocycles. The van der Waals surface area contributed by atoms with Gasteiger partial charge in [-0.05, 0) is 12.1 Å². The lowest BCUT2D eigenvalue weighted by molar-refractivity contribution is -0.134. The van der Waals surface area contributed by atoms with Gasteiger partial charge in [0, 0.05) is 6.07 Å². The summed E-state index contributed by atoms with van der Waals surface area (Å²) in [6.07, 6.45) is -3.68. The van der Waals surface area contributed by atoms with Crippen LogP contribution in [0, 0.1) is 11.6 Å². The molecule has 0 fully saturated rings. The number of hydrogen-bond donors (Lipinski definition) is 1. The highest BCUT2D eigenvalue weighted by molar-refractivity contribution is 7.15. The van der Waals surface area contributed by atoms with Gasteiger partial charge in [-0.25, -0.2) is 13.8 Å². The fraction of sp³-hybridized carbons (Fsp3) is 0.250. The number of halogens is 5. The molecule has 0 saturated heterocycles. The van der Waals surface area contributed by atoms with Crippen molar-refractivity contribution in [2.45, 2.75) is 6.18 Å². The van der Waals surface area contributed by atoms with E-state index in [2.05, 4.69) is 10.3 Å². The van der Waals surface area contributed by atoms with Crippen LogP contribution in [0.4, 0.5) is 27.1 Å². The predicted molar refractivity (Wildman–Crippen MR) is 67.5 cm³/mol. The molecule has 1 aromatic carbocycles. The van der Waals surface area contributed by atoms with Gasteiger partial charge in [0.15, 0.2) is 16.8 Å². The zero-order valence-corrected chi connectivity index (χ0v) is 11.2. The Bertz CT molecular complexity index is 614. The van der Waals surface area contributed by atoms with Crippen LogP contribution in [-0.4, -0.2) is 18.1 Å². The molecule has 0 aliphatic carbocycles. The molecule has 2 rings (SSSR count). The van der Waals surface area contributed by atoms with E-state index in [4.69, 9.17) is 4.74 Å². The number of aromatic nitrogens is 1. The molecule has 0 spiro atoms. The summed E-state index contributed by atoms with van der Waals surface area (Å²) in [6.45, 7) is 0.232. The minimum Gasteiger partial charge on any atom is -0.492 e. The van der Waals surface area contributed by atoms with Gasteiger partial charge in [-0.15, -0.1) is 0 Å². The van der Waals surface area contributed by atoms with Crippen LogP contribution in [0.1, 0.15) is 4.88 Å². The quantitative estimate of drug-likeness (QED) is 0.668. The Labute approximate surface area is 120 Å². The number of hydrogen-bond acceptors (Lipinski definition) is 4. The Morgan fingerprint density at radius 2 is 1.95 bits per heavy atom. The highest BCUT2D eigenvalue weighted by Crippen LogP contribution is 2.34. The van der Waals surface area contributed by atoms with Gasteiger partial charge in [0.25, 0.3) is 0 Å². The second-order valence-electron chi connectivity index (χ2n) is 3.88. The fourth-order valence-electron chi connectivity index (χ4n) is 1.38. The Morgan fingerprint density at radius 1 is 1.19 bits per heavy atom. The van der Waals surface area contributed by atoms with E-state index in [1.165, 1.54) is 6.07 Å². The highest BCUT2D eigenvalue weighted by Gasteiger charge is 2.33. The summed E-state index contributed by atoms with van der Waals surface area (Å²) >= 11 is 0.478. The second-order valence-corrected chi connectivity index (χ2v) is 4.91. The molecule has 0 aliphatic rings. The van der Waals surface area contributed by atoms with Crippen molar-refractivity contribution < 1.29 is 26.7 Å². The third kappa shape index (κ3) is 4.28. The first-order valence-electron chi connectivity index (χ1n) is 5.71. The van der Waals surface area contributed by atoms with Crippen molar-refractivity contribution in [2.75, 3.05) is 18.5 Å². The highest BCUT2D eigenvalue weighted by atomic mass is 32.1. The molecular formula is C12H9F5N2OS. The first-order valence-corrected chi connectivity index (χ1v) is 6.52. The van der Waals surface area contributed by atoms with Gasteiger partial charge in [0.2, 0.25) is 0 Å². The monoisotopic (exact) mass is 324 g/mol. The smallest absolute Gasteiger partial charge is 0.427 e. The van der Waals surface area contributed by atoms with Gasteiger partial charge in [-0.3, -0.25) is 0 Å².